The van der Waals surface area contributed by atoms with Gasteiger partial charge in [-0.05, 0) is 13.3 Å². The fourth-order valence-electron chi connectivity index (χ4n) is 0.652. The van der Waals surface area contributed by atoms with Gasteiger partial charge in [-0.2, -0.15) is 0 Å². The molecule has 5 heteroatoms. The van der Waals surface area contributed by atoms with E-state index < -0.39 is 12.9 Å². The summed E-state index contributed by atoms with van der Waals surface area (Å²) in [4.78, 5) is 17.3. The lowest BCUT2D eigenvalue weighted by Gasteiger charge is -2.24. The summed E-state index contributed by atoms with van der Waals surface area (Å²) in [6.07, 6.45) is 1.02. The molecular weight excluding hydrogens is 153 g/mol. The van der Waals surface area contributed by atoms with Crippen LogP contribution in [0.15, 0.2) is 0 Å². The Morgan fingerprint density at radius 2 is 2.00 bits per heavy atom. The fourth-order valence-corrected chi connectivity index (χ4v) is 1.17. The van der Waals surface area contributed by atoms with Gasteiger partial charge in [0.05, 0.1) is 0 Å². The normalized spacial score (nSPS) is 18.5. The van der Waals surface area contributed by atoms with Crippen LogP contribution in [0.5, 0.6) is 0 Å². The molecule has 0 heterocycles. The van der Waals surface area contributed by atoms with Crippen LogP contribution in [0.1, 0.15) is 26.7 Å². The molecule has 0 aromatic rings. The van der Waals surface area contributed by atoms with E-state index in [0.29, 0.717) is 12.8 Å². The molecule has 0 radical (unpaired) electrons. The number of hydrogen-bond acceptors (Lipinski definition) is 2. The average Bonchev–Trinajstić information content (AvgIpc) is 1.61. The van der Waals surface area contributed by atoms with Crippen molar-refractivity contribution < 1.29 is 14.4 Å². The Bertz CT molecular complexity index is 151. The molecule has 0 spiro atoms. The number of hydrogen-bond donors (Lipinski definition) is 3. The highest BCUT2D eigenvalue weighted by Crippen LogP contribution is 2.48. The van der Waals surface area contributed by atoms with Gasteiger partial charge in [-0.1, -0.05) is 13.3 Å². The van der Waals surface area contributed by atoms with Gasteiger partial charge >= 0.3 is 7.60 Å². The molecule has 0 amide bonds. The maximum atomic E-state index is 10.6. The second-order valence-electron chi connectivity index (χ2n) is 2.65. The summed E-state index contributed by atoms with van der Waals surface area (Å²) in [7, 11) is -4.11. The zero-order valence-corrected chi connectivity index (χ0v) is 7.14. The minimum absolute atomic E-state index is 0.345. The van der Waals surface area contributed by atoms with Gasteiger partial charge in [-0.15, -0.1) is 0 Å². The summed E-state index contributed by atoms with van der Waals surface area (Å²) in [5, 5.41) is -1.35. The first-order chi connectivity index (χ1) is 4.31. The van der Waals surface area contributed by atoms with Gasteiger partial charge in [0.15, 0.2) is 0 Å². The van der Waals surface area contributed by atoms with Crippen LogP contribution in [0.2, 0.25) is 0 Å². The average molecular weight is 167 g/mol. The van der Waals surface area contributed by atoms with Crippen LogP contribution in [-0.4, -0.2) is 15.1 Å². The summed E-state index contributed by atoms with van der Waals surface area (Å²) in [6, 6.07) is 0. The van der Waals surface area contributed by atoms with Crippen LogP contribution in [0.25, 0.3) is 0 Å². The molecule has 4 nitrogen and oxygen atoms in total. The first kappa shape index (κ1) is 10.1. The Kier molecular flexibility index (Phi) is 3.04. The highest BCUT2D eigenvalue weighted by Gasteiger charge is 2.37. The minimum Gasteiger partial charge on any atom is -0.323 e. The van der Waals surface area contributed by atoms with Crippen LogP contribution in [0, 0.1) is 0 Å². The zero-order valence-electron chi connectivity index (χ0n) is 6.24. The summed E-state index contributed by atoms with van der Waals surface area (Å²) >= 11 is 0. The predicted octanol–water partition coefficient (Wildman–Crippen LogP) is 0.639. The molecule has 0 aromatic carbocycles. The Morgan fingerprint density at radius 3 is 2.10 bits per heavy atom. The van der Waals surface area contributed by atoms with E-state index in [0.717, 1.165) is 0 Å². The van der Waals surface area contributed by atoms with E-state index in [-0.39, 0.29) is 0 Å². The third-order valence-electron chi connectivity index (χ3n) is 1.42. The first-order valence-electron chi connectivity index (χ1n) is 3.16. The standard InChI is InChI=1S/C5H14NO3P/c1-3-4-5(2,6)10(7,8)9/h3-4,6H2,1-2H3,(H2,7,8,9)/t5-/m0/s1. The van der Waals surface area contributed by atoms with E-state index in [1.54, 1.807) is 0 Å². The van der Waals surface area contributed by atoms with Crippen molar-refractivity contribution >= 4 is 7.60 Å². The van der Waals surface area contributed by atoms with E-state index in [1.807, 2.05) is 6.92 Å². The lowest BCUT2D eigenvalue weighted by atomic mass is 10.2. The molecule has 0 aliphatic carbocycles. The van der Waals surface area contributed by atoms with Crippen molar-refractivity contribution in [3.05, 3.63) is 0 Å². The van der Waals surface area contributed by atoms with Crippen molar-refractivity contribution in [2.24, 2.45) is 5.73 Å². The highest BCUT2D eigenvalue weighted by molar-refractivity contribution is 7.53. The Hall–Kier alpha value is 0.110. The Labute approximate surface area is 60.6 Å². The molecule has 4 N–H and O–H groups in total. The van der Waals surface area contributed by atoms with Gasteiger partial charge in [0.25, 0.3) is 0 Å². The molecule has 10 heavy (non-hydrogen) atoms. The zero-order chi connectivity index (χ0) is 8.41. The van der Waals surface area contributed by atoms with Gasteiger partial charge in [-0.3, -0.25) is 4.57 Å². The van der Waals surface area contributed by atoms with E-state index >= 15 is 0 Å². The van der Waals surface area contributed by atoms with Crippen LogP contribution in [0.4, 0.5) is 0 Å². The second kappa shape index (κ2) is 3.01. The maximum Gasteiger partial charge on any atom is 0.344 e. The van der Waals surface area contributed by atoms with Gasteiger partial charge in [0.2, 0.25) is 0 Å². The lowest BCUT2D eigenvalue weighted by Crippen LogP contribution is -2.35. The second-order valence-corrected chi connectivity index (χ2v) is 4.76. The largest absolute Gasteiger partial charge is 0.344 e. The highest BCUT2D eigenvalue weighted by atomic mass is 31.2. The first-order valence-corrected chi connectivity index (χ1v) is 4.77. The van der Waals surface area contributed by atoms with Gasteiger partial charge in [0.1, 0.15) is 5.28 Å². The van der Waals surface area contributed by atoms with Crippen LogP contribution < -0.4 is 5.73 Å². The van der Waals surface area contributed by atoms with Crippen LogP contribution in [-0.2, 0) is 4.57 Å². The van der Waals surface area contributed by atoms with Crippen LogP contribution in [0.3, 0.4) is 0 Å². The molecule has 62 valence electrons. The van der Waals surface area contributed by atoms with E-state index in [4.69, 9.17) is 15.5 Å². The van der Waals surface area contributed by atoms with Crippen LogP contribution >= 0.6 is 7.60 Å². The van der Waals surface area contributed by atoms with Crippen molar-refractivity contribution in [1.29, 1.82) is 0 Å². The monoisotopic (exact) mass is 167 g/mol. The maximum absolute atomic E-state index is 10.6. The van der Waals surface area contributed by atoms with Crippen molar-refractivity contribution in [3.63, 3.8) is 0 Å². The Balaban J connectivity index is 4.25. The summed E-state index contributed by atoms with van der Waals surface area (Å²) in [6.45, 7) is 3.21. The molecule has 0 rings (SSSR count). The SMILES string of the molecule is CCC[C@@](C)(N)P(=O)(O)O. The van der Waals surface area contributed by atoms with E-state index in [1.165, 1.54) is 6.92 Å². The molecule has 0 aromatic heterocycles. The summed E-state index contributed by atoms with van der Waals surface area (Å²) in [5.41, 5.74) is 5.34. The van der Waals surface area contributed by atoms with Crippen molar-refractivity contribution in [3.8, 4) is 0 Å². The lowest BCUT2D eigenvalue weighted by molar-refractivity contribution is 0.324. The molecule has 0 fully saturated rings. The quantitative estimate of drug-likeness (QED) is 0.538. The summed E-state index contributed by atoms with van der Waals surface area (Å²) < 4.78 is 10.6. The van der Waals surface area contributed by atoms with Crippen molar-refractivity contribution in [2.75, 3.05) is 0 Å². The summed E-state index contributed by atoms with van der Waals surface area (Å²) in [5.74, 6) is 0. The molecule has 0 saturated heterocycles. The van der Waals surface area contributed by atoms with Gasteiger partial charge < -0.3 is 15.5 Å². The fraction of sp³-hybridized carbons (Fsp3) is 1.00. The Morgan fingerprint density at radius 1 is 1.60 bits per heavy atom. The molecule has 0 bridgehead atoms. The third kappa shape index (κ3) is 2.39. The third-order valence-corrected chi connectivity index (χ3v) is 2.98. The number of nitrogens with two attached hydrogens (primary N) is 1. The molecular formula is C5H14NO3P. The molecule has 0 aliphatic rings. The smallest absolute Gasteiger partial charge is 0.323 e. The van der Waals surface area contributed by atoms with Gasteiger partial charge in [-0.25, -0.2) is 0 Å². The number of rotatable bonds is 3. The van der Waals surface area contributed by atoms with Crippen molar-refractivity contribution in [1.82, 2.24) is 0 Å². The van der Waals surface area contributed by atoms with Gasteiger partial charge in [0, 0.05) is 0 Å². The molecule has 1 atom stereocenters. The molecule has 0 unspecified atom stereocenters. The van der Waals surface area contributed by atoms with E-state index in [9.17, 15) is 4.57 Å². The van der Waals surface area contributed by atoms with E-state index in [2.05, 4.69) is 0 Å². The van der Waals surface area contributed by atoms with Crippen molar-refractivity contribution in [2.45, 2.75) is 32.0 Å². The predicted molar refractivity (Wildman–Crippen MR) is 39.5 cm³/mol. The molecule has 0 aliphatic heterocycles. The topological polar surface area (TPSA) is 83.6 Å². The minimum atomic E-state index is -4.11. The molecule has 0 saturated carbocycles.